The van der Waals surface area contributed by atoms with Crippen molar-refractivity contribution in [3.05, 3.63) is 72.4 Å². The number of fused-ring (bicyclic) bond motifs is 1. The summed E-state index contributed by atoms with van der Waals surface area (Å²) in [6, 6.07) is 19.8. The molecule has 2 fully saturated rings. The molecule has 1 saturated carbocycles. The molecule has 6 rings (SSSR count). The lowest BCUT2D eigenvalue weighted by molar-refractivity contribution is 0.0322. The van der Waals surface area contributed by atoms with E-state index in [1.54, 1.807) is 4.52 Å². The van der Waals surface area contributed by atoms with Crippen LogP contribution in [0.1, 0.15) is 23.2 Å². The second kappa shape index (κ2) is 10.6. The molecule has 0 radical (unpaired) electrons. The number of aromatic nitrogens is 3. The topological polar surface area (TPSA) is 93.0 Å². The number of anilines is 2. The van der Waals surface area contributed by atoms with E-state index in [9.17, 15) is 4.79 Å². The number of rotatable bonds is 9. The molecule has 1 aliphatic heterocycles. The van der Waals surface area contributed by atoms with Crippen LogP contribution in [-0.2, 0) is 4.74 Å². The van der Waals surface area contributed by atoms with Gasteiger partial charge in [-0.3, -0.25) is 9.69 Å². The Kier molecular flexibility index (Phi) is 6.70. The Hall–Kier alpha value is -3.95. The van der Waals surface area contributed by atoms with E-state index >= 15 is 0 Å². The molecular formula is C28H30N6O3. The predicted octanol–water partition coefficient (Wildman–Crippen LogP) is 3.74. The number of benzene rings is 2. The van der Waals surface area contributed by atoms with Crippen LogP contribution in [0.3, 0.4) is 0 Å². The first kappa shape index (κ1) is 23.4. The number of morpholine rings is 1. The van der Waals surface area contributed by atoms with Crippen molar-refractivity contribution >= 4 is 23.2 Å². The summed E-state index contributed by atoms with van der Waals surface area (Å²) in [6.45, 7) is 5.07. The molecule has 9 nitrogen and oxygen atoms in total. The fourth-order valence-corrected chi connectivity index (χ4v) is 4.36. The fourth-order valence-electron chi connectivity index (χ4n) is 4.36. The van der Waals surface area contributed by atoms with Crippen molar-refractivity contribution in [2.45, 2.75) is 18.9 Å². The zero-order valence-electron chi connectivity index (χ0n) is 20.6. The van der Waals surface area contributed by atoms with E-state index in [2.05, 4.69) is 20.6 Å². The second-order valence-corrected chi connectivity index (χ2v) is 9.40. The van der Waals surface area contributed by atoms with Gasteiger partial charge < -0.3 is 20.1 Å². The summed E-state index contributed by atoms with van der Waals surface area (Å²) in [4.78, 5) is 19.3. The Morgan fingerprint density at radius 1 is 1.03 bits per heavy atom. The van der Waals surface area contributed by atoms with Crippen LogP contribution in [0.2, 0.25) is 0 Å². The number of carbonyl (C=O) groups excluding carboxylic acids is 1. The molecule has 0 bridgehead atoms. The first-order valence-electron chi connectivity index (χ1n) is 12.8. The highest BCUT2D eigenvalue weighted by atomic mass is 16.5. The molecule has 4 aromatic rings. The Balaban J connectivity index is 1.11. The lowest BCUT2D eigenvalue weighted by Gasteiger charge is -2.26. The van der Waals surface area contributed by atoms with Gasteiger partial charge in [0, 0.05) is 48.7 Å². The van der Waals surface area contributed by atoms with Crippen LogP contribution < -0.4 is 15.4 Å². The maximum Gasteiger partial charge on any atom is 0.251 e. The molecule has 1 saturated heterocycles. The van der Waals surface area contributed by atoms with Crippen molar-refractivity contribution in [1.29, 1.82) is 0 Å². The molecule has 2 aromatic carbocycles. The van der Waals surface area contributed by atoms with E-state index in [4.69, 9.17) is 14.5 Å². The van der Waals surface area contributed by atoms with Crippen LogP contribution in [0, 0.1) is 0 Å². The van der Waals surface area contributed by atoms with Gasteiger partial charge in [0.05, 0.1) is 13.2 Å². The van der Waals surface area contributed by atoms with Gasteiger partial charge in [0.25, 0.3) is 5.91 Å². The second-order valence-electron chi connectivity index (χ2n) is 9.40. The van der Waals surface area contributed by atoms with Gasteiger partial charge in [0.2, 0.25) is 5.95 Å². The summed E-state index contributed by atoms with van der Waals surface area (Å²) in [5.41, 5.74) is 4.24. The minimum Gasteiger partial charge on any atom is -0.492 e. The molecule has 0 atom stereocenters. The first-order valence-corrected chi connectivity index (χ1v) is 12.8. The quantitative estimate of drug-likeness (QED) is 0.363. The highest BCUT2D eigenvalue weighted by Crippen LogP contribution is 2.27. The van der Waals surface area contributed by atoms with E-state index in [1.165, 1.54) is 0 Å². The van der Waals surface area contributed by atoms with Gasteiger partial charge in [0.15, 0.2) is 5.65 Å². The largest absolute Gasteiger partial charge is 0.492 e. The minimum atomic E-state index is -0.0296. The maximum absolute atomic E-state index is 12.2. The molecule has 190 valence electrons. The third-order valence-electron chi connectivity index (χ3n) is 6.62. The molecule has 0 spiro atoms. The van der Waals surface area contributed by atoms with Crippen molar-refractivity contribution in [3.8, 4) is 16.9 Å². The molecular weight excluding hydrogens is 468 g/mol. The number of hydrogen-bond donors (Lipinski definition) is 2. The summed E-state index contributed by atoms with van der Waals surface area (Å²) in [5.74, 6) is 1.31. The van der Waals surface area contributed by atoms with Crippen LogP contribution in [-0.4, -0.2) is 70.9 Å². The van der Waals surface area contributed by atoms with E-state index < -0.39 is 0 Å². The smallest absolute Gasteiger partial charge is 0.251 e. The Labute approximate surface area is 215 Å². The lowest BCUT2D eigenvalue weighted by Crippen LogP contribution is -2.38. The fraction of sp³-hybridized carbons (Fsp3) is 0.321. The van der Waals surface area contributed by atoms with Gasteiger partial charge in [0.1, 0.15) is 12.4 Å². The van der Waals surface area contributed by atoms with Crippen LogP contribution in [0.5, 0.6) is 5.75 Å². The van der Waals surface area contributed by atoms with Gasteiger partial charge in [-0.05, 0) is 66.9 Å². The number of amides is 1. The van der Waals surface area contributed by atoms with Gasteiger partial charge in [-0.15, -0.1) is 5.10 Å². The third-order valence-corrected chi connectivity index (χ3v) is 6.62. The van der Waals surface area contributed by atoms with Gasteiger partial charge >= 0.3 is 0 Å². The normalized spacial score (nSPS) is 16.0. The van der Waals surface area contributed by atoms with Gasteiger partial charge in [-0.2, -0.15) is 4.98 Å². The van der Waals surface area contributed by atoms with Crippen molar-refractivity contribution in [2.24, 2.45) is 0 Å². The van der Waals surface area contributed by atoms with E-state index in [0.717, 1.165) is 73.9 Å². The van der Waals surface area contributed by atoms with E-state index in [0.29, 0.717) is 24.2 Å². The third kappa shape index (κ3) is 5.73. The SMILES string of the molecule is O=C(NC1CC1)c1ccc(Nc2nc3c(-c4ccc(OCCN5CCOCC5)cc4)cccn3n2)cc1. The molecule has 3 heterocycles. The van der Waals surface area contributed by atoms with Crippen LogP contribution in [0.25, 0.3) is 16.8 Å². The number of ether oxygens (including phenoxy) is 2. The average molecular weight is 499 g/mol. The molecule has 2 aliphatic rings. The first-order chi connectivity index (χ1) is 18.2. The van der Waals surface area contributed by atoms with E-state index in [-0.39, 0.29) is 5.91 Å². The van der Waals surface area contributed by atoms with Crippen molar-refractivity contribution in [3.63, 3.8) is 0 Å². The lowest BCUT2D eigenvalue weighted by atomic mass is 10.1. The molecule has 2 N–H and O–H groups in total. The van der Waals surface area contributed by atoms with Crippen LogP contribution in [0.15, 0.2) is 66.9 Å². The zero-order chi connectivity index (χ0) is 25.0. The summed E-state index contributed by atoms with van der Waals surface area (Å²) in [6.07, 6.45) is 4.02. The van der Waals surface area contributed by atoms with Crippen LogP contribution >= 0.6 is 0 Å². The highest BCUT2D eigenvalue weighted by Gasteiger charge is 2.23. The highest BCUT2D eigenvalue weighted by molar-refractivity contribution is 5.95. The van der Waals surface area contributed by atoms with Crippen molar-refractivity contribution in [2.75, 3.05) is 44.8 Å². The molecule has 9 heteroatoms. The summed E-state index contributed by atoms with van der Waals surface area (Å²) >= 11 is 0. The Morgan fingerprint density at radius 3 is 2.57 bits per heavy atom. The molecule has 1 aliphatic carbocycles. The zero-order valence-corrected chi connectivity index (χ0v) is 20.6. The average Bonchev–Trinajstić information content (AvgIpc) is 3.65. The summed E-state index contributed by atoms with van der Waals surface area (Å²) in [7, 11) is 0. The van der Waals surface area contributed by atoms with E-state index in [1.807, 2.05) is 66.9 Å². The Morgan fingerprint density at radius 2 is 1.81 bits per heavy atom. The van der Waals surface area contributed by atoms with Crippen molar-refractivity contribution in [1.82, 2.24) is 24.8 Å². The minimum absolute atomic E-state index is 0.0296. The molecule has 0 unspecified atom stereocenters. The standard InChI is InChI=1S/C28H30N6O3/c35-27(29-22-9-10-22)21-3-7-23(8-4-21)30-28-31-26-25(2-1-13-34(26)32-28)20-5-11-24(12-6-20)37-19-16-33-14-17-36-18-15-33/h1-8,11-13,22H,9-10,14-19H2,(H,29,35)(H,30,32). The number of nitrogens with zero attached hydrogens (tertiary/aromatic N) is 4. The number of pyridine rings is 1. The Bertz CT molecular complexity index is 1360. The number of hydrogen-bond acceptors (Lipinski definition) is 7. The predicted molar refractivity (Wildman–Crippen MR) is 141 cm³/mol. The number of carbonyl (C=O) groups is 1. The maximum atomic E-state index is 12.2. The van der Waals surface area contributed by atoms with Crippen LogP contribution in [0.4, 0.5) is 11.6 Å². The van der Waals surface area contributed by atoms with Gasteiger partial charge in [-0.1, -0.05) is 12.1 Å². The molecule has 37 heavy (non-hydrogen) atoms. The molecule has 1 amide bonds. The monoisotopic (exact) mass is 498 g/mol. The molecule has 2 aromatic heterocycles. The summed E-state index contributed by atoms with van der Waals surface area (Å²) < 4.78 is 13.1. The summed E-state index contributed by atoms with van der Waals surface area (Å²) in [5, 5.41) is 10.8. The van der Waals surface area contributed by atoms with Gasteiger partial charge in [-0.25, -0.2) is 4.52 Å². The number of nitrogens with one attached hydrogen (secondary N) is 2. The van der Waals surface area contributed by atoms with Crippen molar-refractivity contribution < 1.29 is 14.3 Å².